The van der Waals surface area contributed by atoms with E-state index in [-0.39, 0.29) is 0 Å². The van der Waals surface area contributed by atoms with Crippen molar-refractivity contribution in [3.8, 4) is 6.07 Å². The predicted octanol–water partition coefficient (Wildman–Crippen LogP) is 2.17. The van der Waals surface area contributed by atoms with E-state index in [4.69, 9.17) is 5.26 Å². The van der Waals surface area contributed by atoms with Crippen molar-refractivity contribution in [2.75, 3.05) is 0 Å². The summed E-state index contributed by atoms with van der Waals surface area (Å²) in [4.78, 5) is 0. The lowest BCUT2D eigenvalue weighted by Crippen LogP contribution is -1.73. The van der Waals surface area contributed by atoms with Crippen molar-refractivity contribution in [1.29, 1.82) is 5.26 Å². The predicted molar refractivity (Wildman–Crippen MR) is 44.3 cm³/mol. The van der Waals surface area contributed by atoms with Gasteiger partial charge in [0.1, 0.15) is 0 Å². The molecule has 0 unspecified atom stereocenters. The SMILES string of the molecule is N#Cc1cccc2nscc12. The van der Waals surface area contributed by atoms with E-state index in [1.165, 1.54) is 11.5 Å². The molecule has 0 bridgehead atoms. The maximum Gasteiger partial charge on any atom is 0.0999 e. The molecule has 2 nitrogen and oxygen atoms in total. The Morgan fingerprint density at radius 1 is 1.45 bits per heavy atom. The molecule has 1 aromatic carbocycles. The molecule has 0 amide bonds. The molecule has 0 aliphatic heterocycles. The largest absolute Gasteiger partial charge is 0.193 e. The van der Waals surface area contributed by atoms with Crippen LogP contribution in [0.15, 0.2) is 23.6 Å². The third-order valence-corrected chi connectivity index (χ3v) is 2.17. The highest BCUT2D eigenvalue weighted by Gasteiger charge is 1.99. The van der Waals surface area contributed by atoms with E-state index < -0.39 is 0 Å². The minimum Gasteiger partial charge on any atom is -0.193 e. The van der Waals surface area contributed by atoms with E-state index in [2.05, 4.69) is 10.4 Å². The van der Waals surface area contributed by atoms with Crippen LogP contribution in [-0.4, -0.2) is 4.37 Å². The number of nitriles is 1. The van der Waals surface area contributed by atoms with Gasteiger partial charge in [0.05, 0.1) is 17.1 Å². The molecule has 0 N–H and O–H groups in total. The fourth-order valence-electron chi connectivity index (χ4n) is 0.990. The van der Waals surface area contributed by atoms with Gasteiger partial charge in [-0.3, -0.25) is 0 Å². The van der Waals surface area contributed by atoms with Crippen molar-refractivity contribution in [2.45, 2.75) is 0 Å². The number of hydrogen-bond donors (Lipinski definition) is 0. The van der Waals surface area contributed by atoms with Gasteiger partial charge < -0.3 is 0 Å². The van der Waals surface area contributed by atoms with Crippen LogP contribution in [0.3, 0.4) is 0 Å². The van der Waals surface area contributed by atoms with Gasteiger partial charge >= 0.3 is 0 Å². The fraction of sp³-hybridized carbons (Fsp3) is 0. The molecular weight excluding hydrogens is 156 g/mol. The van der Waals surface area contributed by atoms with E-state index in [0.29, 0.717) is 5.56 Å². The molecular formula is C8H4N2S. The molecule has 0 aliphatic rings. The molecule has 2 rings (SSSR count). The summed E-state index contributed by atoms with van der Waals surface area (Å²) in [6.45, 7) is 0. The second-order valence-electron chi connectivity index (χ2n) is 2.16. The Morgan fingerprint density at radius 3 is 3.18 bits per heavy atom. The van der Waals surface area contributed by atoms with Crippen LogP contribution in [0.25, 0.3) is 10.9 Å². The van der Waals surface area contributed by atoms with E-state index >= 15 is 0 Å². The van der Waals surface area contributed by atoms with Gasteiger partial charge in [-0.25, -0.2) is 0 Å². The molecule has 0 radical (unpaired) electrons. The Labute approximate surface area is 67.9 Å². The molecule has 0 saturated carbocycles. The first-order valence-corrected chi connectivity index (χ1v) is 3.98. The molecule has 0 aliphatic carbocycles. The van der Waals surface area contributed by atoms with Crippen LogP contribution in [0.2, 0.25) is 0 Å². The fourth-order valence-corrected chi connectivity index (χ4v) is 1.67. The topological polar surface area (TPSA) is 36.7 Å². The molecule has 0 atom stereocenters. The number of hydrogen-bond acceptors (Lipinski definition) is 3. The first-order valence-electron chi connectivity index (χ1n) is 3.15. The van der Waals surface area contributed by atoms with Crippen molar-refractivity contribution < 1.29 is 0 Å². The van der Waals surface area contributed by atoms with E-state index in [1.807, 2.05) is 17.5 Å². The lowest BCUT2D eigenvalue weighted by atomic mass is 10.1. The highest BCUT2D eigenvalue weighted by molar-refractivity contribution is 7.04. The van der Waals surface area contributed by atoms with Crippen LogP contribution >= 0.6 is 11.5 Å². The van der Waals surface area contributed by atoms with E-state index in [9.17, 15) is 0 Å². The summed E-state index contributed by atoms with van der Waals surface area (Å²) in [6.07, 6.45) is 0. The summed E-state index contributed by atoms with van der Waals surface area (Å²) < 4.78 is 4.12. The standard InChI is InChI=1S/C8H4N2S/c9-4-6-2-1-3-8-7(6)5-11-10-8/h1-3,5H. The minimum atomic E-state index is 0.705. The van der Waals surface area contributed by atoms with Crippen LogP contribution in [0.4, 0.5) is 0 Å². The Kier molecular flexibility index (Phi) is 1.34. The van der Waals surface area contributed by atoms with Crippen LogP contribution < -0.4 is 0 Å². The van der Waals surface area contributed by atoms with E-state index in [0.717, 1.165) is 10.9 Å². The van der Waals surface area contributed by atoms with Crippen molar-refractivity contribution >= 4 is 22.4 Å². The van der Waals surface area contributed by atoms with Gasteiger partial charge in [0, 0.05) is 10.8 Å². The molecule has 0 spiro atoms. The Balaban J connectivity index is 2.92. The van der Waals surface area contributed by atoms with Gasteiger partial charge in [-0.1, -0.05) is 6.07 Å². The second kappa shape index (κ2) is 2.33. The van der Waals surface area contributed by atoms with Gasteiger partial charge in [0.15, 0.2) is 0 Å². The number of aromatic nitrogens is 1. The van der Waals surface area contributed by atoms with Crippen molar-refractivity contribution in [2.24, 2.45) is 0 Å². The van der Waals surface area contributed by atoms with Crippen LogP contribution in [0.1, 0.15) is 5.56 Å². The van der Waals surface area contributed by atoms with Gasteiger partial charge in [-0.2, -0.15) is 9.64 Å². The normalized spacial score (nSPS) is 9.73. The second-order valence-corrected chi connectivity index (χ2v) is 2.79. The lowest BCUT2D eigenvalue weighted by Gasteiger charge is -1.87. The van der Waals surface area contributed by atoms with Crippen LogP contribution in [-0.2, 0) is 0 Å². The van der Waals surface area contributed by atoms with Gasteiger partial charge in [0.25, 0.3) is 0 Å². The summed E-state index contributed by atoms with van der Waals surface area (Å²) in [5.74, 6) is 0. The van der Waals surface area contributed by atoms with Crippen molar-refractivity contribution in [3.63, 3.8) is 0 Å². The van der Waals surface area contributed by atoms with Gasteiger partial charge in [-0.05, 0) is 23.7 Å². The molecule has 1 aromatic heterocycles. The first-order chi connectivity index (χ1) is 5.42. The molecule has 11 heavy (non-hydrogen) atoms. The minimum absolute atomic E-state index is 0.705. The first kappa shape index (κ1) is 6.32. The lowest BCUT2D eigenvalue weighted by molar-refractivity contribution is 1.50. The average Bonchev–Trinajstić information content (AvgIpc) is 2.50. The zero-order chi connectivity index (χ0) is 7.68. The summed E-state index contributed by atoms with van der Waals surface area (Å²) in [6, 6.07) is 7.68. The molecule has 1 heterocycles. The third-order valence-electron chi connectivity index (χ3n) is 1.53. The van der Waals surface area contributed by atoms with Gasteiger partial charge in [-0.15, -0.1) is 0 Å². The molecule has 0 saturated heterocycles. The molecule has 3 heteroatoms. The zero-order valence-electron chi connectivity index (χ0n) is 5.61. The summed E-state index contributed by atoms with van der Waals surface area (Å²) in [5.41, 5.74) is 1.62. The maximum atomic E-state index is 8.68. The monoisotopic (exact) mass is 160 g/mol. The van der Waals surface area contributed by atoms with Crippen LogP contribution in [0.5, 0.6) is 0 Å². The average molecular weight is 160 g/mol. The Bertz CT molecular complexity index is 425. The molecule has 52 valence electrons. The smallest absolute Gasteiger partial charge is 0.0999 e. The number of benzene rings is 1. The zero-order valence-corrected chi connectivity index (χ0v) is 6.43. The third kappa shape index (κ3) is 0.883. The number of nitrogens with zero attached hydrogens (tertiary/aromatic N) is 2. The van der Waals surface area contributed by atoms with Crippen molar-refractivity contribution in [3.05, 3.63) is 29.1 Å². The highest BCUT2D eigenvalue weighted by Crippen LogP contribution is 2.18. The summed E-state index contributed by atoms with van der Waals surface area (Å²) in [5, 5.41) is 11.5. The van der Waals surface area contributed by atoms with Gasteiger partial charge in [0.2, 0.25) is 0 Å². The maximum absolute atomic E-state index is 8.68. The highest BCUT2D eigenvalue weighted by atomic mass is 32.1. The quantitative estimate of drug-likeness (QED) is 0.592. The molecule has 0 fully saturated rings. The Morgan fingerprint density at radius 2 is 2.36 bits per heavy atom. The Hall–Kier alpha value is -1.40. The van der Waals surface area contributed by atoms with Crippen molar-refractivity contribution in [1.82, 2.24) is 4.37 Å². The number of fused-ring (bicyclic) bond motifs is 1. The summed E-state index contributed by atoms with van der Waals surface area (Å²) >= 11 is 1.38. The molecule has 2 aromatic rings. The summed E-state index contributed by atoms with van der Waals surface area (Å²) in [7, 11) is 0. The van der Waals surface area contributed by atoms with Crippen LogP contribution in [0, 0.1) is 11.3 Å². The van der Waals surface area contributed by atoms with E-state index in [1.54, 1.807) is 6.07 Å². The number of rotatable bonds is 0.